The van der Waals surface area contributed by atoms with Crippen LogP contribution in [0.4, 0.5) is 5.69 Å². The van der Waals surface area contributed by atoms with Gasteiger partial charge in [-0.25, -0.2) is 0 Å². The highest BCUT2D eigenvalue weighted by Crippen LogP contribution is 2.25. The summed E-state index contributed by atoms with van der Waals surface area (Å²) in [7, 11) is 0. The van der Waals surface area contributed by atoms with Crippen LogP contribution >= 0.6 is 38.6 Å². The second kappa shape index (κ2) is 4.80. The highest BCUT2D eigenvalue weighted by Gasteiger charge is 1.99. The Labute approximate surface area is 116 Å². The van der Waals surface area contributed by atoms with Crippen molar-refractivity contribution in [3.8, 4) is 0 Å². The first-order chi connectivity index (χ1) is 8.31. The predicted molar refractivity (Wildman–Crippen MR) is 81.2 cm³/mol. The maximum atomic E-state index is 3.47. The van der Waals surface area contributed by atoms with Gasteiger partial charge in [0.05, 0.1) is 0 Å². The first-order valence-corrected chi connectivity index (χ1v) is 7.80. The van der Waals surface area contributed by atoms with Crippen LogP contribution in [-0.4, -0.2) is 0 Å². The largest absolute Gasteiger partial charge is 0.380 e. The van der Waals surface area contributed by atoms with Crippen molar-refractivity contribution in [2.75, 3.05) is 5.32 Å². The van der Waals surface area contributed by atoms with Crippen molar-refractivity contribution < 1.29 is 0 Å². The molecule has 1 nitrogen and oxygen atoms in total. The van der Waals surface area contributed by atoms with E-state index in [2.05, 4.69) is 62.3 Å². The van der Waals surface area contributed by atoms with Crippen LogP contribution in [0.2, 0.25) is 0 Å². The molecule has 1 aromatic carbocycles. The zero-order chi connectivity index (χ0) is 11.7. The van der Waals surface area contributed by atoms with E-state index in [9.17, 15) is 0 Å². The fourth-order valence-corrected chi connectivity index (χ4v) is 3.87. The van der Waals surface area contributed by atoms with Gasteiger partial charge in [0, 0.05) is 31.7 Å². The molecule has 0 amide bonds. The van der Waals surface area contributed by atoms with Crippen LogP contribution in [0.15, 0.2) is 45.6 Å². The molecule has 0 unspecified atom stereocenters. The fraction of sp³-hybridized carbons (Fsp3) is 0.0769. The van der Waals surface area contributed by atoms with E-state index in [-0.39, 0.29) is 0 Å². The van der Waals surface area contributed by atoms with Gasteiger partial charge in [-0.1, -0.05) is 0 Å². The molecule has 0 atom stereocenters. The smallest absolute Gasteiger partial charge is 0.0494 e. The molecule has 86 valence electrons. The van der Waals surface area contributed by atoms with Crippen molar-refractivity contribution in [2.45, 2.75) is 6.54 Å². The zero-order valence-corrected chi connectivity index (χ0v) is 12.2. The lowest BCUT2D eigenvalue weighted by molar-refractivity contribution is 1.19. The Bertz CT molecular complexity index is 641. The molecule has 0 radical (unpaired) electrons. The van der Waals surface area contributed by atoms with E-state index in [0.29, 0.717) is 0 Å². The number of anilines is 1. The van der Waals surface area contributed by atoms with Gasteiger partial charge in [-0.15, -0.1) is 22.7 Å². The van der Waals surface area contributed by atoms with Gasteiger partial charge >= 0.3 is 0 Å². The second-order valence-corrected chi connectivity index (χ2v) is 6.62. The average Bonchev–Trinajstić information content (AvgIpc) is 2.94. The van der Waals surface area contributed by atoms with Crippen LogP contribution < -0.4 is 5.32 Å². The number of halogens is 1. The summed E-state index contributed by atoms with van der Waals surface area (Å²) in [6, 6.07) is 10.8. The third-order valence-electron chi connectivity index (χ3n) is 2.54. The third-order valence-corrected chi connectivity index (χ3v) is 5.14. The molecule has 0 saturated heterocycles. The minimum Gasteiger partial charge on any atom is -0.380 e. The Morgan fingerprint density at radius 3 is 2.88 bits per heavy atom. The minimum absolute atomic E-state index is 0.881. The van der Waals surface area contributed by atoms with Crippen molar-refractivity contribution in [1.29, 1.82) is 0 Å². The van der Waals surface area contributed by atoms with E-state index >= 15 is 0 Å². The number of hydrogen-bond acceptors (Lipinski definition) is 3. The van der Waals surface area contributed by atoms with Crippen LogP contribution in [0, 0.1) is 0 Å². The molecular weight excluding hydrogens is 314 g/mol. The Hall–Kier alpha value is -0.840. The van der Waals surface area contributed by atoms with Crippen LogP contribution in [0.1, 0.15) is 4.88 Å². The van der Waals surface area contributed by atoms with Gasteiger partial charge in [-0.05, 0) is 57.0 Å². The van der Waals surface area contributed by atoms with Crippen LogP contribution in [0.25, 0.3) is 10.1 Å². The summed E-state index contributed by atoms with van der Waals surface area (Å²) >= 11 is 7.02. The third kappa shape index (κ3) is 2.54. The Morgan fingerprint density at radius 2 is 2.06 bits per heavy atom. The SMILES string of the molecule is Brc1csc(CNc2ccc3sccc3c2)c1. The quantitative estimate of drug-likeness (QED) is 0.686. The van der Waals surface area contributed by atoms with Crippen LogP contribution in [0.5, 0.6) is 0 Å². The molecule has 17 heavy (non-hydrogen) atoms. The molecule has 0 bridgehead atoms. The summed E-state index contributed by atoms with van der Waals surface area (Å²) in [4.78, 5) is 1.34. The summed E-state index contributed by atoms with van der Waals surface area (Å²) < 4.78 is 2.50. The maximum Gasteiger partial charge on any atom is 0.0494 e. The summed E-state index contributed by atoms with van der Waals surface area (Å²) in [5.41, 5.74) is 1.18. The van der Waals surface area contributed by atoms with Gasteiger partial charge in [0.25, 0.3) is 0 Å². The Balaban J connectivity index is 1.76. The lowest BCUT2D eigenvalue weighted by Crippen LogP contribution is -1.96. The van der Waals surface area contributed by atoms with Crippen LogP contribution in [-0.2, 0) is 6.54 Å². The van der Waals surface area contributed by atoms with Gasteiger partial charge in [-0.2, -0.15) is 0 Å². The molecule has 4 heteroatoms. The molecular formula is C13H10BrNS2. The van der Waals surface area contributed by atoms with E-state index in [0.717, 1.165) is 11.0 Å². The first-order valence-electron chi connectivity index (χ1n) is 5.25. The Kier molecular flexibility index (Phi) is 3.18. The topological polar surface area (TPSA) is 12.0 Å². The van der Waals surface area contributed by atoms with E-state index < -0.39 is 0 Å². The number of benzene rings is 1. The highest BCUT2D eigenvalue weighted by atomic mass is 79.9. The average molecular weight is 324 g/mol. The zero-order valence-electron chi connectivity index (χ0n) is 8.94. The molecule has 3 rings (SSSR count). The van der Waals surface area contributed by atoms with E-state index in [1.54, 1.807) is 22.7 Å². The van der Waals surface area contributed by atoms with Crippen molar-refractivity contribution in [3.05, 3.63) is 50.4 Å². The molecule has 2 heterocycles. The molecule has 0 fully saturated rings. The normalized spacial score (nSPS) is 10.9. The number of fused-ring (bicyclic) bond motifs is 1. The standard InChI is InChI=1S/C13H10BrNS2/c14-10-6-12(17-8-10)7-15-11-1-2-13-9(5-11)3-4-16-13/h1-6,8,15H,7H2. The predicted octanol–water partition coefficient (Wildman–Crippen LogP) is 5.34. The highest BCUT2D eigenvalue weighted by molar-refractivity contribution is 9.10. The van der Waals surface area contributed by atoms with E-state index in [4.69, 9.17) is 0 Å². The first kappa shape index (κ1) is 11.3. The number of thiophene rings is 2. The number of nitrogens with one attached hydrogen (secondary N) is 1. The van der Waals surface area contributed by atoms with Gasteiger partial charge < -0.3 is 5.32 Å². The Morgan fingerprint density at radius 1 is 1.12 bits per heavy atom. The van der Waals surface area contributed by atoms with Crippen molar-refractivity contribution in [1.82, 2.24) is 0 Å². The lowest BCUT2D eigenvalue weighted by atomic mass is 10.2. The van der Waals surface area contributed by atoms with E-state index in [1.807, 2.05) is 0 Å². The van der Waals surface area contributed by atoms with Gasteiger partial charge in [0.1, 0.15) is 0 Å². The molecule has 0 aliphatic heterocycles. The number of hydrogen-bond donors (Lipinski definition) is 1. The molecule has 0 aliphatic rings. The van der Waals surface area contributed by atoms with E-state index in [1.165, 1.54) is 20.7 Å². The minimum atomic E-state index is 0.881. The summed E-state index contributed by atoms with van der Waals surface area (Å²) in [6.07, 6.45) is 0. The fourth-order valence-electron chi connectivity index (χ4n) is 1.71. The maximum absolute atomic E-state index is 3.47. The van der Waals surface area contributed by atoms with Gasteiger partial charge in [0.15, 0.2) is 0 Å². The lowest BCUT2D eigenvalue weighted by Gasteiger charge is -2.04. The molecule has 0 spiro atoms. The molecule has 0 aliphatic carbocycles. The summed E-state index contributed by atoms with van der Waals surface area (Å²) in [6.45, 7) is 0.881. The molecule has 1 N–H and O–H groups in total. The molecule has 2 aromatic heterocycles. The van der Waals surface area contributed by atoms with Crippen molar-refractivity contribution in [3.63, 3.8) is 0 Å². The summed E-state index contributed by atoms with van der Waals surface area (Å²) in [5.74, 6) is 0. The van der Waals surface area contributed by atoms with Crippen LogP contribution in [0.3, 0.4) is 0 Å². The number of rotatable bonds is 3. The van der Waals surface area contributed by atoms with Gasteiger partial charge in [-0.3, -0.25) is 0 Å². The second-order valence-electron chi connectivity index (χ2n) is 3.76. The molecule has 3 aromatic rings. The monoisotopic (exact) mass is 323 g/mol. The van der Waals surface area contributed by atoms with Gasteiger partial charge in [0.2, 0.25) is 0 Å². The summed E-state index contributed by atoms with van der Waals surface area (Å²) in [5, 5.41) is 9.00. The van der Waals surface area contributed by atoms with Crippen molar-refractivity contribution in [2.24, 2.45) is 0 Å². The molecule has 0 saturated carbocycles. The van der Waals surface area contributed by atoms with Crippen molar-refractivity contribution >= 4 is 54.4 Å².